The molecule has 0 N–H and O–H groups in total. The molecular formula is C17H10ClNO3. The third kappa shape index (κ3) is 1.84. The molecular weight excluding hydrogens is 302 g/mol. The van der Waals surface area contributed by atoms with Gasteiger partial charge in [0.1, 0.15) is 16.7 Å². The zero-order valence-corrected chi connectivity index (χ0v) is 12.3. The lowest BCUT2D eigenvalue weighted by molar-refractivity contribution is 0.460. The molecule has 0 amide bonds. The summed E-state index contributed by atoms with van der Waals surface area (Å²) in [6.07, 6.45) is 0. The molecule has 4 nitrogen and oxygen atoms in total. The van der Waals surface area contributed by atoms with E-state index in [0.29, 0.717) is 32.7 Å². The monoisotopic (exact) mass is 311 g/mol. The second-order valence-corrected chi connectivity index (χ2v) is 5.50. The van der Waals surface area contributed by atoms with E-state index in [9.17, 15) is 4.79 Å². The normalized spacial score (nSPS) is 11.4. The van der Waals surface area contributed by atoms with E-state index in [0.717, 1.165) is 11.1 Å². The van der Waals surface area contributed by atoms with Crippen molar-refractivity contribution in [3.8, 4) is 11.3 Å². The zero-order chi connectivity index (χ0) is 15.3. The highest BCUT2D eigenvalue weighted by atomic mass is 35.5. The van der Waals surface area contributed by atoms with E-state index >= 15 is 0 Å². The lowest BCUT2D eigenvalue weighted by Crippen LogP contribution is -2.00. The fourth-order valence-corrected chi connectivity index (χ4v) is 2.69. The highest BCUT2D eigenvalue weighted by Gasteiger charge is 2.19. The van der Waals surface area contributed by atoms with E-state index in [1.807, 2.05) is 37.3 Å². The molecule has 0 saturated heterocycles. The molecule has 0 atom stereocenters. The first-order valence-electron chi connectivity index (χ1n) is 6.73. The number of aryl methyl sites for hydroxylation is 1. The summed E-state index contributed by atoms with van der Waals surface area (Å²) >= 11 is 6.17. The van der Waals surface area contributed by atoms with Crippen molar-refractivity contribution in [2.45, 2.75) is 6.92 Å². The fourth-order valence-electron chi connectivity index (χ4n) is 2.52. The predicted molar refractivity (Wildman–Crippen MR) is 85.2 cm³/mol. The van der Waals surface area contributed by atoms with Crippen molar-refractivity contribution < 1.29 is 8.94 Å². The molecule has 0 radical (unpaired) electrons. The van der Waals surface area contributed by atoms with Crippen LogP contribution < -0.4 is 5.63 Å². The molecule has 0 unspecified atom stereocenters. The number of nitrogens with zero attached hydrogens (tertiary/aromatic N) is 1. The van der Waals surface area contributed by atoms with Crippen LogP contribution in [0.15, 0.2) is 56.2 Å². The first-order chi connectivity index (χ1) is 10.6. The summed E-state index contributed by atoms with van der Waals surface area (Å²) in [7, 11) is 0. The Morgan fingerprint density at radius 2 is 1.91 bits per heavy atom. The summed E-state index contributed by atoms with van der Waals surface area (Å²) in [5.74, 6) is 0. The predicted octanol–water partition coefficient (Wildman–Crippen LogP) is 4.56. The van der Waals surface area contributed by atoms with Gasteiger partial charge in [-0.15, -0.1) is 0 Å². The van der Waals surface area contributed by atoms with Gasteiger partial charge in [-0.25, -0.2) is 4.79 Å². The van der Waals surface area contributed by atoms with Crippen LogP contribution in [0.25, 0.3) is 33.2 Å². The van der Waals surface area contributed by atoms with E-state index in [1.165, 1.54) is 0 Å². The summed E-state index contributed by atoms with van der Waals surface area (Å²) in [5.41, 5.74) is 2.47. The molecule has 4 aromatic rings. The summed E-state index contributed by atoms with van der Waals surface area (Å²) in [6.45, 7) is 1.85. The van der Waals surface area contributed by atoms with Crippen LogP contribution in [0.1, 0.15) is 5.56 Å². The van der Waals surface area contributed by atoms with Crippen LogP contribution in [0, 0.1) is 6.92 Å². The second-order valence-electron chi connectivity index (χ2n) is 5.09. The van der Waals surface area contributed by atoms with Gasteiger partial charge in [0, 0.05) is 10.6 Å². The van der Waals surface area contributed by atoms with Gasteiger partial charge < -0.3 is 8.94 Å². The van der Waals surface area contributed by atoms with E-state index in [4.69, 9.17) is 20.5 Å². The average Bonchev–Trinajstić information content (AvgIpc) is 2.96. The maximum Gasteiger partial charge on any atom is 0.349 e. The molecule has 0 bridgehead atoms. The molecule has 22 heavy (non-hydrogen) atoms. The van der Waals surface area contributed by atoms with Crippen LogP contribution in [0.3, 0.4) is 0 Å². The van der Waals surface area contributed by atoms with E-state index in [-0.39, 0.29) is 0 Å². The van der Waals surface area contributed by atoms with Crippen LogP contribution in [-0.4, -0.2) is 5.16 Å². The summed E-state index contributed by atoms with van der Waals surface area (Å²) in [6, 6.07) is 12.8. The number of rotatable bonds is 1. The van der Waals surface area contributed by atoms with Gasteiger partial charge in [-0.1, -0.05) is 47.1 Å². The summed E-state index contributed by atoms with van der Waals surface area (Å²) in [5, 5.41) is 5.60. The van der Waals surface area contributed by atoms with Gasteiger partial charge in [0.2, 0.25) is 0 Å². The number of hydrogen-bond donors (Lipinski definition) is 0. The molecule has 108 valence electrons. The minimum absolute atomic E-state index is 0.332. The summed E-state index contributed by atoms with van der Waals surface area (Å²) < 4.78 is 10.8. The van der Waals surface area contributed by atoms with Crippen LogP contribution in [0.4, 0.5) is 0 Å². The standard InChI is InChI=1S/C17H10ClNO3/c1-9-7-13-11(8-12(9)18)16-14(17(20)21-13)15(19-22-16)10-5-3-2-4-6-10/h2-8H,1H3. The first-order valence-corrected chi connectivity index (χ1v) is 7.11. The van der Waals surface area contributed by atoms with Gasteiger partial charge in [0.25, 0.3) is 0 Å². The van der Waals surface area contributed by atoms with Crippen LogP contribution >= 0.6 is 11.6 Å². The molecule has 2 heterocycles. The second kappa shape index (κ2) is 4.71. The lowest BCUT2D eigenvalue weighted by atomic mass is 10.1. The maximum atomic E-state index is 12.3. The van der Waals surface area contributed by atoms with Gasteiger partial charge in [-0.05, 0) is 24.6 Å². The van der Waals surface area contributed by atoms with Crippen molar-refractivity contribution in [1.29, 1.82) is 0 Å². The van der Waals surface area contributed by atoms with Crippen molar-refractivity contribution in [2.24, 2.45) is 0 Å². The summed E-state index contributed by atoms with van der Waals surface area (Å²) in [4.78, 5) is 12.3. The highest BCUT2D eigenvalue weighted by molar-refractivity contribution is 6.32. The van der Waals surface area contributed by atoms with E-state index in [1.54, 1.807) is 12.1 Å². The Morgan fingerprint density at radius 3 is 2.68 bits per heavy atom. The molecule has 0 aliphatic heterocycles. The Bertz CT molecular complexity index is 1060. The van der Waals surface area contributed by atoms with Crippen molar-refractivity contribution in [2.75, 3.05) is 0 Å². The smallest absolute Gasteiger partial charge is 0.349 e. The quantitative estimate of drug-likeness (QED) is 0.483. The lowest BCUT2D eigenvalue weighted by Gasteiger charge is -2.01. The topological polar surface area (TPSA) is 56.2 Å². The number of hydrogen-bond acceptors (Lipinski definition) is 4. The number of halogens is 1. The fraction of sp³-hybridized carbons (Fsp3) is 0.0588. The Labute approximate surface area is 129 Å². The van der Waals surface area contributed by atoms with E-state index in [2.05, 4.69) is 5.16 Å². The van der Waals surface area contributed by atoms with Crippen LogP contribution in [-0.2, 0) is 0 Å². The van der Waals surface area contributed by atoms with Gasteiger partial charge in [0.05, 0.1) is 5.39 Å². The minimum atomic E-state index is -0.468. The molecule has 0 spiro atoms. The van der Waals surface area contributed by atoms with Crippen molar-refractivity contribution >= 4 is 33.5 Å². The number of benzene rings is 2. The Kier molecular flexibility index (Phi) is 2.81. The molecule has 0 fully saturated rings. The molecule has 5 heteroatoms. The molecule has 2 aromatic carbocycles. The van der Waals surface area contributed by atoms with E-state index < -0.39 is 5.63 Å². The molecule has 4 rings (SSSR count). The molecule has 0 aliphatic carbocycles. The third-order valence-corrected chi connectivity index (χ3v) is 4.06. The number of fused-ring (bicyclic) bond motifs is 3. The zero-order valence-electron chi connectivity index (χ0n) is 11.6. The van der Waals surface area contributed by atoms with Gasteiger partial charge in [-0.3, -0.25) is 0 Å². The average molecular weight is 312 g/mol. The molecule has 2 aromatic heterocycles. The molecule has 0 saturated carbocycles. The van der Waals surface area contributed by atoms with Crippen LogP contribution in [0.5, 0.6) is 0 Å². The van der Waals surface area contributed by atoms with Crippen molar-refractivity contribution in [1.82, 2.24) is 5.16 Å². The first kappa shape index (κ1) is 13.1. The van der Waals surface area contributed by atoms with Gasteiger partial charge in [-0.2, -0.15) is 0 Å². The molecule has 0 aliphatic rings. The minimum Gasteiger partial charge on any atom is -0.422 e. The Balaban J connectivity index is 2.15. The maximum absolute atomic E-state index is 12.3. The van der Waals surface area contributed by atoms with Crippen LogP contribution in [0.2, 0.25) is 5.02 Å². The van der Waals surface area contributed by atoms with Gasteiger partial charge >= 0.3 is 5.63 Å². The van der Waals surface area contributed by atoms with Gasteiger partial charge in [0.15, 0.2) is 5.58 Å². The SMILES string of the molecule is Cc1cc2oc(=O)c3c(-c4ccccc4)noc3c2cc1Cl. The van der Waals surface area contributed by atoms with Crippen molar-refractivity contribution in [3.63, 3.8) is 0 Å². The largest absolute Gasteiger partial charge is 0.422 e. The Morgan fingerprint density at radius 1 is 1.14 bits per heavy atom. The highest BCUT2D eigenvalue weighted by Crippen LogP contribution is 2.32. The Hall–Kier alpha value is -2.59. The van der Waals surface area contributed by atoms with Crippen molar-refractivity contribution in [3.05, 3.63) is 63.5 Å². The third-order valence-electron chi connectivity index (χ3n) is 3.65. The number of aromatic nitrogens is 1.